The van der Waals surface area contributed by atoms with Crippen LogP contribution in [0.15, 0.2) is 42.7 Å². The van der Waals surface area contributed by atoms with Gasteiger partial charge in [0.05, 0.1) is 17.4 Å². The topological polar surface area (TPSA) is 79.3 Å². The van der Waals surface area contributed by atoms with Crippen molar-refractivity contribution in [3.63, 3.8) is 0 Å². The highest BCUT2D eigenvalue weighted by Gasteiger charge is 2.19. The Morgan fingerprint density at radius 2 is 1.77 bits per heavy atom. The van der Waals surface area contributed by atoms with E-state index in [4.69, 9.17) is 0 Å². The van der Waals surface area contributed by atoms with Gasteiger partial charge in [-0.1, -0.05) is 18.2 Å². The maximum atomic E-state index is 12.7. The zero-order chi connectivity index (χ0) is 21.8. The molecule has 0 radical (unpaired) electrons. The lowest BCUT2D eigenvalue weighted by Gasteiger charge is -2.26. The standard InChI is InChI=1S/C24H29N5O2/c1-17-7-6-8-18(2)22(17)27-24(31)25-11-14-29-16-26-20-15-19(9-10-21(20)29)23(30)28-12-4-3-5-13-28/h6-10,15-16H,3-5,11-14H2,1-2H3,(H2,25,27,31). The molecule has 2 aromatic carbocycles. The van der Waals surface area contributed by atoms with Crippen molar-refractivity contribution >= 4 is 28.7 Å². The van der Waals surface area contributed by atoms with Crippen LogP contribution in [0.5, 0.6) is 0 Å². The Kier molecular flexibility index (Phi) is 6.21. The molecule has 0 spiro atoms. The summed E-state index contributed by atoms with van der Waals surface area (Å²) in [6.45, 7) is 6.68. The molecule has 1 aromatic heterocycles. The minimum atomic E-state index is -0.226. The van der Waals surface area contributed by atoms with Gasteiger partial charge in [-0.25, -0.2) is 9.78 Å². The van der Waals surface area contributed by atoms with E-state index in [9.17, 15) is 9.59 Å². The maximum Gasteiger partial charge on any atom is 0.319 e. The maximum absolute atomic E-state index is 12.7. The van der Waals surface area contributed by atoms with E-state index in [2.05, 4.69) is 15.6 Å². The summed E-state index contributed by atoms with van der Waals surface area (Å²) >= 11 is 0. The van der Waals surface area contributed by atoms with Crippen LogP contribution in [0.4, 0.5) is 10.5 Å². The second kappa shape index (κ2) is 9.20. The number of amides is 3. The Labute approximate surface area is 182 Å². The predicted octanol–water partition coefficient (Wildman–Crippen LogP) is 4.10. The first-order chi connectivity index (χ1) is 15.0. The van der Waals surface area contributed by atoms with Gasteiger partial charge in [0, 0.05) is 37.4 Å². The van der Waals surface area contributed by atoms with E-state index in [1.807, 2.05) is 59.7 Å². The Hall–Kier alpha value is -3.35. The molecule has 2 N–H and O–H groups in total. The van der Waals surface area contributed by atoms with Gasteiger partial charge in [0.15, 0.2) is 0 Å². The molecule has 0 aliphatic carbocycles. The molecule has 4 rings (SSSR count). The van der Waals surface area contributed by atoms with Crippen molar-refractivity contribution in [2.75, 3.05) is 25.0 Å². The van der Waals surface area contributed by atoms with E-state index in [1.165, 1.54) is 6.42 Å². The number of likely N-dealkylation sites (tertiary alicyclic amines) is 1. The number of piperidine rings is 1. The number of para-hydroxylation sites is 1. The van der Waals surface area contributed by atoms with Gasteiger partial charge < -0.3 is 20.1 Å². The number of rotatable bonds is 5. The highest BCUT2D eigenvalue weighted by Crippen LogP contribution is 2.20. The van der Waals surface area contributed by atoms with Gasteiger partial charge in [0.1, 0.15) is 0 Å². The lowest BCUT2D eigenvalue weighted by molar-refractivity contribution is 0.0724. The number of aromatic nitrogens is 2. The smallest absolute Gasteiger partial charge is 0.319 e. The number of carbonyl (C=O) groups excluding carboxylic acids is 2. The van der Waals surface area contributed by atoms with E-state index in [1.54, 1.807) is 6.33 Å². The van der Waals surface area contributed by atoms with Gasteiger partial charge in [0.2, 0.25) is 0 Å². The average Bonchev–Trinajstić information content (AvgIpc) is 3.19. The van der Waals surface area contributed by atoms with Crippen molar-refractivity contribution in [2.45, 2.75) is 39.7 Å². The molecular formula is C24H29N5O2. The van der Waals surface area contributed by atoms with Gasteiger partial charge >= 0.3 is 6.03 Å². The summed E-state index contributed by atoms with van der Waals surface area (Å²) in [5.41, 5.74) is 5.34. The van der Waals surface area contributed by atoms with Crippen LogP contribution in [0.3, 0.4) is 0 Å². The van der Waals surface area contributed by atoms with Crippen LogP contribution in [0.1, 0.15) is 40.7 Å². The molecule has 1 saturated heterocycles. The molecule has 1 fully saturated rings. The number of carbonyl (C=O) groups is 2. The molecule has 162 valence electrons. The summed E-state index contributed by atoms with van der Waals surface area (Å²) < 4.78 is 1.99. The van der Waals surface area contributed by atoms with Crippen LogP contribution in [0.25, 0.3) is 11.0 Å². The lowest BCUT2D eigenvalue weighted by atomic mass is 10.1. The van der Waals surface area contributed by atoms with Gasteiger partial charge in [-0.05, 0) is 62.4 Å². The van der Waals surface area contributed by atoms with Gasteiger partial charge in [-0.3, -0.25) is 4.79 Å². The van der Waals surface area contributed by atoms with Crippen molar-refractivity contribution in [1.29, 1.82) is 0 Å². The molecular weight excluding hydrogens is 390 g/mol. The van der Waals surface area contributed by atoms with Crippen molar-refractivity contribution < 1.29 is 9.59 Å². The first kappa shape index (κ1) is 20.9. The van der Waals surface area contributed by atoms with Crippen LogP contribution in [-0.4, -0.2) is 46.0 Å². The number of nitrogens with one attached hydrogen (secondary N) is 2. The second-order valence-corrected chi connectivity index (χ2v) is 8.14. The Morgan fingerprint density at radius 3 is 2.52 bits per heavy atom. The Balaban J connectivity index is 1.36. The number of nitrogens with zero attached hydrogens (tertiary/aromatic N) is 3. The van der Waals surface area contributed by atoms with Crippen LogP contribution in [-0.2, 0) is 6.54 Å². The summed E-state index contributed by atoms with van der Waals surface area (Å²) in [4.78, 5) is 31.4. The number of benzene rings is 2. The fraction of sp³-hybridized carbons (Fsp3) is 0.375. The zero-order valence-corrected chi connectivity index (χ0v) is 18.1. The monoisotopic (exact) mass is 419 g/mol. The molecule has 2 heterocycles. The van der Waals surface area contributed by atoms with E-state index >= 15 is 0 Å². The number of urea groups is 1. The molecule has 0 atom stereocenters. The minimum Gasteiger partial charge on any atom is -0.339 e. The van der Waals surface area contributed by atoms with E-state index in [-0.39, 0.29) is 11.9 Å². The fourth-order valence-corrected chi connectivity index (χ4v) is 4.11. The third-order valence-corrected chi connectivity index (χ3v) is 5.87. The molecule has 3 amide bonds. The summed E-state index contributed by atoms with van der Waals surface area (Å²) in [5, 5.41) is 5.83. The summed E-state index contributed by atoms with van der Waals surface area (Å²) in [6.07, 6.45) is 5.11. The van der Waals surface area contributed by atoms with Crippen molar-refractivity contribution in [1.82, 2.24) is 19.8 Å². The molecule has 31 heavy (non-hydrogen) atoms. The molecule has 7 nitrogen and oxygen atoms in total. The molecule has 0 bridgehead atoms. The summed E-state index contributed by atoms with van der Waals surface area (Å²) in [5.74, 6) is 0.0842. The average molecular weight is 420 g/mol. The Morgan fingerprint density at radius 1 is 1.03 bits per heavy atom. The first-order valence-corrected chi connectivity index (χ1v) is 10.9. The van der Waals surface area contributed by atoms with Crippen LogP contribution in [0.2, 0.25) is 0 Å². The number of fused-ring (bicyclic) bond motifs is 1. The quantitative estimate of drug-likeness (QED) is 0.653. The summed E-state index contributed by atoms with van der Waals surface area (Å²) in [7, 11) is 0. The SMILES string of the molecule is Cc1cccc(C)c1NC(=O)NCCn1cnc2cc(C(=O)N3CCCCC3)ccc21. The Bertz CT molecular complexity index is 1080. The van der Waals surface area contributed by atoms with Crippen LogP contribution < -0.4 is 10.6 Å². The molecule has 1 aliphatic heterocycles. The van der Waals surface area contributed by atoms with E-state index < -0.39 is 0 Å². The highest BCUT2D eigenvalue weighted by atomic mass is 16.2. The van der Waals surface area contributed by atoms with Crippen LogP contribution >= 0.6 is 0 Å². The van der Waals surface area contributed by atoms with Crippen molar-refractivity contribution in [2.24, 2.45) is 0 Å². The lowest BCUT2D eigenvalue weighted by Crippen LogP contribution is -2.35. The van der Waals surface area contributed by atoms with E-state index in [0.29, 0.717) is 18.7 Å². The number of imidazole rings is 1. The van der Waals surface area contributed by atoms with Gasteiger partial charge in [-0.2, -0.15) is 0 Å². The third kappa shape index (κ3) is 4.71. The molecule has 0 saturated carbocycles. The number of hydrogen-bond donors (Lipinski definition) is 2. The second-order valence-electron chi connectivity index (χ2n) is 8.14. The van der Waals surface area contributed by atoms with Crippen molar-refractivity contribution in [3.05, 3.63) is 59.4 Å². The molecule has 7 heteroatoms. The van der Waals surface area contributed by atoms with E-state index in [0.717, 1.165) is 53.8 Å². The molecule has 3 aromatic rings. The van der Waals surface area contributed by atoms with Gasteiger partial charge in [-0.15, -0.1) is 0 Å². The largest absolute Gasteiger partial charge is 0.339 e. The first-order valence-electron chi connectivity index (χ1n) is 10.9. The minimum absolute atomic E-state index is 0.0842. The van der Waals surface area contributed by atoms with Gasteiger partial charge in [0.25, 0.3) is 5.91 Å². The number of hydrogen-bond acceptors (Lipinski definition) is 3. The molecule has 0 unspecified atom stereocenters. The third-order valence-electron chi connectivity index (χ3n) is 5.87. The van der Waals surface area contributed by atoms with Crippen molar-refractivity contribution in [3.8, 4) is 0 Å². The number of anilines is 1. The summed E-state index contributed by atoms with van der Waals surface area (Å²) in [6, 6.07) is 11.4. The normalized spacial score (nSPS) is 13.9. The fourth-order valence-electron chi connectivity index (χ4n) is 4.11. The highest BCUT2D eigenvalue weighted by molar-refractivity contribution is 5.97. The van der Waals surface area contributed by atoms with Crippen LogP contribution in [0, 0.1) is 13.8 Å². The predicted molar refractivity (Wildman–Crippen MR) is 122 cm³/mol. The zero-order valence-electron chi connectivity index (χ0n) is 18.1. The molecule has 1 aliphatic rings. The number of aryl methyl sites for hydroxylation is 2.